The zero-order valence-electron chi connectivity index (χ0n) is 10.2. The Hall–Kier alpha value is -2.40. The van der Waals surface area contributed by atoms with Crippen LogP contribution in [0.3, 0.4) is 0 Å². The summed E-state index contributed by atoms with van der Waals surface area (Å²) in [5, 5.41) is 20.3. The number of nitrogens with one attached hydrogen (secondary N) is 1. The van der Waals surface area contributed by atoms with E-state index in [4.69, 9.17) is 10.5 Å². The summed E-state index contributed by atoms with van der Waals surface area (Å²) in [5.41, 5.74) is -0.850. The highest BCUT2D eigenvalue weighted by atomic mass is 19.1. The third-order valence-electron chi connectivity index (χ3n) is 3.45. The van der Waals surface area contributed by atoms with Crippen LogP contribution in [0.4, 0.5) is 10.1 Å². The zero-order valence-corrected chi connectivity index (χ0v) is 10.2. The average molecular weight is 257 g/mol. The largest absolute Gasteiger partial charge is 0.322 e. The summed E-state index contributed by atoms with van der Waals surface area (Å²) in [6.07, 6.45) is 2.67. The highest BCUT2D eigenvalue weighted by Crippen LogP contribution is 2.38. The van der Waals surface area contributed by atoms with Crippen molar-refractivity contribution in [3.8, 4) is 12.1 Å². The number of halogens is 1. The van der Waals surface area contributed by atoms with E-state index in [2.05, 4.69) is 11.4 Å². The van der Waals surface area contributed by atoms with Crippen molar-refractivity contribution in [1.29, 1.82) is 10.5 Å². The molecular weight excluding hydrogens is 245 g/mol. The third-order valence-corrected chi connectivity index (χ3v) is 3.45. The quantitative estimate of drug-likeness (QED) is 0.884. The molecule has 0 saturated heterocycles. The Balaban J connectivity index is 2.20. The third kappa shape index (κ3) is 2.41. The van der Waals surface area contributed by atoms with Crippen molar-refractivity contribution in [2.45, 2.75) is 25.7 Å². The maximum Gasteiger partial charge on any atom is 0.244 e. The van der Waals surface area contributed by atoms with Gasteiger partial charge in [0.2, 0.25) is 5.91 Å². The Morgan fingerprint density at radius 2 is 2.00 bits per heavy atom. The number of nitrogens with zero attached hydrogens (tertiary/aromatic N) is 2. The van der Waals surface area contributed by atoms with Crippen LogP contribution in [0, 0.1) is 33.9 Å². The zero-order chi connectivity index (χ0) is 13.9. The lowest BCUT2D eigenvalue weighted by Crippen LogP contribution is -2.32. The van der Waals surface area contributed by atoms with E-state index >= 15 is 0 Å². The summed E-state index contributed by atoms with van der Waals surface area (Å²) in [5.74, 6) is -1.13. The topological polar surface area (TPSA) is 76.7 Å². The van der Waals surface area contributed by atoms with E-state index in [0.29, 0.717) is 12.8 Å². The molecule has 1 amide bonds. The first-order chi connectivity index (χ1) is 9.11. The minimum atomic E-state index is -1.04. The van der Waals surface area contributed by atoms with Crippen LogP contribution in [0.15, 0.2) is 18.2 Å². The molecule has 2 rings (SSSR count). The molecule has 0 radical (unpaired) electrons. The first kappa shape index (κ1) is 13.0. The van der Waals surface area contributed by atoms with E-state index in [1.54, 1.807) is 0 Å². The number of hydrogen-bond acceptors (Lipinski definition) is 3. The van der Waals surface area contributed by atoms with Gasteiger partial charge in [-0.05, 0) is 31.0 Å². The van der Waals surface area contributed by atoms with Crippen LogP contribution in [0.5, 0.6) is 0 Å². The van der Waals surface area contributed by atoms with E-state index in [9.17, 15) is 9.18 Å². The predicted molar refractivity (Wildman–Crippen MR) is 66.3 cm³/mol. The molecule has 96 valence electrons. The second kappa shape index (κ2) is 5.07. The van der Waals surface area contributed by atoms with Gasteiger partial charge in [0.15, 0.2) is 0 Å². The summed E-state index contributed by atoms with van der Waals surface area (Å²) in [6, 6.07) is 7.69. The normalized spacial score (nSPS) is 16.4. The second-order valence-corrected chi connectivity index (χ2v) is 4.66. The van der Waals surface area contributed by atoms with Crippen LogP contribution in [-0.4, -0.2) is 5.91 Å². The molecule has 0 spiro atoms. The van der Waals surface area contributed by atoms with Gasteiger partial charge in [-0.1, -0.05) is 12.8 Å². The van der Waals surface area contributed by atoms with E-state index in [1.807, 2.05) is 6.07 Å². The summed E-state index contributed by atoms with van der Waals surface area (Å²) in [4.78, 5) is 12.1. The number of rotatable bonds is 2. The predicted octanol–water partition coefficient (Wildman–Crippen LogP) is 2.72. The Labute approximate surface area is 110 Å². The van der Waals surface area contributed by atoms with Crippen LogP contribution in [0.2, 0.25) is 0 Å². The summed E-state index contributed by atoms with van der Waals surface area (Å²) in [6.45, 7) is 0. The van der Waals surface area contributed by atoms with Crippen LogP contribution in [0.25, 0.3) is 0 Å². The lowest BCUT2D eigenvalue weighted by molar-refractivity contribution is -0.122. The number of hydrogen-bond donors (Lipinski definition) is 1. The van der Waals surface area contributed by atoms with Gasteiger partial charge < -0.3 is 5.32 Å². The molecule has 1 aromatic carbocycles. The molecule has 19 heavy (non-hydrogen) atoms. The van der Waals surface area contributed by atoms with Gasteiger partial charge in [0.25, 0.3) is 0 Å². The lowest BCUT2D eigenvalue weighted by atomic mass is 9.87. The van der Waals surface area contributed by atoms with Gasteiger partial charge in [-0.2, -0.15) is 10.5 Å². The average Bonchev–Trinajstić information content (AvgIpc) is 2.91. The number of benzene rings is 1. The molecule has 1 N–H and O–H groups in total. The van der Waals surface area contributed by atoms with Crippen molar-refractivity contribution in [3.05, 3.63) is 29.6 Å². The highest BCUT2D eigenvalue weighted by Gasteiger charge is 2.41. The fourth-order valence-corrected chi connectivity index (χ4v) is 2.30. The van der Waals surface area contributed by atoms with Gasteiger partial charge >= 0.3 is 0 Å². The highest BCUT2D eigenvalue weighted by molar-refractivity contribution is 5.97. The van der Waals surface area contributed by atoms with Crippen molar-refractivity contribution < 1.29 is 9.18 Å². The summed E-state index contributed by atoms with van der Waals surface area (Å²) >= 11 is 0. The van der Waals surface area contributed by atoms with E-state index < -0.39 is 17.1 Å². The Morgan fingerprint density at radius 3 is 2.53 bits per heavy atom. The fraction of sp³-hybridized carbons (Fsp3) is 0.357. The van der Waals surface area contributed by atoms with E-state index in [-0.39, 0.29) is 11.3 Å². The molecule has 0 heterocycles. The lowest BCUT2D eigenvalue weighted by Gasteiger charge is -2.19. The summed E-state index contributed by atoms with van der Waals surface area (Å²) < 4.78 is 13.7. The smallest absolute Gasteiger partial charge is 0.244 e. The fourth-order valence-electron chi connectivity index (χ4n) is 2.30. The monoisotopic (exact) mass is 257 g/mol. The Bertz CT molecular complexity index is 592. The number of amides is 1. The van der Waals surface area contributed by atoms with Crippen molar-refractivity contribution in [3.63, 3.8) is 0 Å². The van der Waals surface area contributed by atoms with Gasteiger partial charge in [-0.25, -0.2) is 4.39 Å². The molecule has 4 nitrogen and oxygen atoms in total. The number of carbonyl (C=O) groups is 1. The van der Waals surface area contributed by atoms with Crippen LogP contribution in [-0.2, 0) is 4.79 Å². The minimum absolute atomic E-state index is 0.00512. The minimum Gasteiger partial charge on any atom is -0.322 e. The van der Waals surface area contributed by atoms with Gasteiger partial charge in [0.05, 0.1) is 23.4 Å². The van der Waals surface area contributed by atoms with Gasteiger partial charge in [0, 0.05) is 0 Å². The SMILES string of the molecule is N#Cc1ccc(NC(=O)C2(C#N)CCCC2)c(F)c1. The van der Waals surface area contributed by atoms with Crippen molar-refractivity contribution in [2.24, 2.45) is 5.41 Å². The molecule has 1 fully saturated rings. The van der Waals surface area contributed by atoms with Gasteiger partial charge in [0.1, 0.15) is 11.2 Å². The number of nitriles is 2. The van der Waals surface area contributed by atoms with Gasteiger partial charge in [-0.15, -0.1) is 0 Å². The van der Waals surface area contributed by atoms with Crippen LogP contribution >= 0.6 is 0 Å². The summed E-state index contributed by atoms with van der Waals surface area (Å²) in [7, 11) is 0. The number of carbonyl (C=O) groups excluding carboxylic acids is 1. The van der Waals surface area contributed by atoms with Crippen molar-refractivity contribution in [2.75, 3.05) is 5.32 Å². The molecule has 0 bridgehead atoms. The van der Waals surface area contributed by atoms with Crippen LogP contribution in [0.1, 0.15) is 31.2 Å². The molecule has 1 saturated carbocycles. The Kier molecular flexibility index (Phi) is 3.48. The van der Waals surface area contributed by atoms with Gasteiger partial charge in [-0.3, -0.25) is 4.79 Å². The first-order valence-corrected chi connectivity index (χ1v) is 6.04. The van der Waals surface area contributed by atoms with Crippen LogP contribution < -0.4 is 5.32 Å². The molecule has 1 aliphatic rings. The molecule has 0 atom stereocenters. The van der Waals surface area contributed by atoms with E-state index in [0.717, 1.165) is 18.9 Å². The molecule has 0 unspecified atom stereocenters. The van der Waals surface area contributed by atoms with E-state index in [1.165, 1.54) is 12.1 Å². The standard InChI is InChI=1S/C14H12FN3O/c15-11-7-10(8-16)3-4-12(11)18-13(19)14(9-17)5-1-2-6-14/h3-4,7H,1-2,5-6H2,(H,18,19). The van der Waals surface area contributed by atoms with Crippen molar-refractivity contribution in [1.82, 2.24) is 0 Å². The molecular formula is C14H12FN3O. The molecule has 1 aromatic rings. The maximum atomic E-state index is 13.7. The maximum absolute atomic E-state index is 13.7. The Morgan fingerprint density at radius 1 is 1.32 bits per heavy atom. The van der Waals surface area contributed by atoms with Crippen molar-refractivity contribution >= 4 is 11.6 Å². The molecule has 0 aromatic heterocycles. The molecule has 1 aliphatic carbocycles. The molecule has 5 heteroatoms. The molecule has 0 aliphatic heterocycles. The second-order valence-electron chi connectivity index (χ2n) is 4.66. The number of anilines is 1. The first-order valence-electron chi connectivity index (χ1n) is 6.04.